The van der Waals surface area contributed by atoms with Crippen molar-refractivity contribution in [3.8, 4) is 0 Å². The molecule has 136 valence electrons. The number of carbonyl (C=O) groups excluding carboxylic acids is 1. The standard InChI is InChI=1S/C20H24F2O3/c21-16-11-9-15(18(22)13-16)8-7-14-10-12-19(23)17(14)5-3-1-2-4-6-20(24)25/h7-9,11,13-14,17H,1-6,10,12H2,(H,24,25)/t14-,17+/m1/s1. The lowest BCUT2D eigenvalue weighted by Crippen LogP contribution is -2.13. The van der Waals surface area contributed by atoms with Crippen LogP contribution in [0.3, 0.4) is 0 Å². The van der Waals surface area contributed by atoms with Gasteiger partial charge in [-0.3, -0.25) is 9.59 Å². The maximum Gasteiger partial charge on any atom is 0.303 e. The van der Waals surface area contributed by atoms with Gasteiger partial charge in [0.2, 0.25) is 0 Å². The van der Waals surface area contributed by atoms with Gasteiger partial charge >= 0.3 is 5.97 Å². The summed E-state index contributed by atoms with van der Waals surface area (Å²) < 4.78 is 26.6. The molecule has 0 radical (unpaired) electrons. The molecule has 2 atom stereocenters. The summed E-state index contributed by atoms with van der Waals surface area (Å²) in [5.41, 5.74) is 0.327. The second-order valence-electron chi connectivity index (χ2n) is 6.65. The van der Waals surface area contributed by atoms with Gasteiger partial charge in [-0.1, -0.05) is 31.4 Å². The lowest BCUT2D eigenvalue weighted by molar-refractivity contribution is -0.137. The molecule has 1 aromatic rings. The second-order valence-corrected chi connectivity index (χ2v) is 6.65. The Labute approximate surface area is 146 Å². The highest BCUT2D eigenvalue weighted by Gasteiger charge is 2.32. The van der Waals surface area contributed by atoms with E-state index in [0.717, 1.165) is 38.2 Å². The quantitative estimate of drug-likeness (QED) is 0.638. The van der Waals surface area contributed by atoms with Crippen molar-refractivity contribution in [2.75, 3.05) is 0 Å². The molecule has 1 aliphatic rings. The Morgan fingerprint density at radius 1 is 1.20 bits per heavy atom. The van der Waals surface area contributed by atoms with Gasteiger partial charge in [0.05, 0.1) is 0 Å². The summed E-state index contributed by atoms with van der Waals surface area (Å²) in [6.45, 7) is 0. The smallest absolute Gasteiger partial charge is 0.303 e. The van der Waals surface area contributed by atoms with Crippen molar-refractivity contribution in [3.05, 3.63) is 41.5 Å². The number of Topliss-reactive ketones (excluding diaryl/α,β-unsaturated/α-hetero) is 1. The number of hydrogen-bond donors (Lipinski definition) is 1. The Morgan fingerprint density at radius 2 is 1.96 bits per heavy atom. The SMILES string of the molecule is O=C(O)CCCCCC[C@@H]1C(=O)CC[C@H]1C=Cc1ccc(F)cc1F. The molecule has 25 heavy (non-hydrogen) atoms. The Bertz CT molecular complexity index is 640. The molecule has 2 rings (SSSR count). The molecule has 1 N–H and O–H groups in total. The van der Waals surface area contributed by atoms with E-state index in [1.165, 1.54) is 12.1 Å². The molecule has 1 fully saturated rings. The van der Waals surface area contributed by atoms with Crippen LogP contribution in [0.5, 0.6) is 0 Å². The van der Waals surface area contributed by atoms with Crippen molar-refractivity contribution >= 4 is 17.8 Å². The number of carboxylic acid groups (broad SMARTS) is 1. The zero-order valence-corrected chi connectivity index (χ0v) is 14.2. The molecule has 0 aliphatic heterocycles. The van der Waals surface area contributed by atoms with Crippen molar-refractivity contribution in [1.29, 1.82) is 0 Å². The number of allylic oxidation sites excluding steroid dienone is 1. The van der Waals surface area contributed by atoms with Crippen LogP contribution in [0, 0.1) is 23.5 Å². The van der Waals surface area contributed by atoms with Gasteiger partial charge in [0.1, 0.15) is 17.4 Å². The summed E-state index contributed by atoms with van der Waals surface area (Å²) in [5.74, 6) is -1.68. The van der Waals surface area contributed by atoms with Gasteiger partial charge in [-0.2, -0.15) is 0 Å². The van der Waals surface area contributed by atoms with Gasteiger partial charge in [0.15, 0.2) is 0 Å². The molecule has 3 nitrogen and oxygen atoms in total. The molecule has 0 bridgehead atoms. The number of benzene rings is 1. The van der Waals surface area contributed by atoms with E-state index in [4.69, 9.17) is 5.11 Å². The fourth-order valence-corrected chi connectivity index (χ4v) is 3.40. The zero-order valence-electron chi connectivity index (χ0n) is 14.2. The van der Waals surface area contributed by atoms with E-state index in [-0.39, 0.29) is 24.0 Å². The van der Waals surface area contributed by atoms with Gasteiger partial charge in [0.25, 0.3) is 0 Å². The molecule has 1 aliphatic carbocycles. The maximum absolute atomic E-state index is 13.7. The number of unbranched alkanes of at least 4 members (excludes halogenated alkanes) is 3. The molecule has 1 aromatic carbocycles. The lowest BCUT2D eigenvalue weighted by atomic mass is 9.89. The average Bonchev–Trinajstić information content (AvgIpc) is 2.90. The predicted octanol–water partition coefficient (Wildman–Crippen LogP) is 5.00. The number of hydrogen-bond acceptors (Lipinski definition) is 2. The van der Waals surface area contributed by atoms with E-state index < -0.39 is 17.6 Å². The second kappa shape index (κ2) is 9.44. The summed E-state index contributed by atoms with van der Waals surface area (Å²) in [7, 11) is 0. The minimum Gasteiger partial charge on any atom is -0.481 e. The fourth-order valence-electron chi connectivity index (χ4n) is 3.40. The highest BCUT2D eigenvalue weighted by Crippen LogP contribution is 2.34. The van der Waals surface area contributed by atoms with Crippen LogP contribution in [0.25, 0.3) is 6.08 Å². The van der Waals surface area contributed by atoms with Crippen LogP contribution in [0.1, 0.15) is 56.9 Å². The van der Waals surface area contributed by atoms with Crippen molar-refractivity contribution in [3.63, 3.8) is 0 Å². The van der Waals surface area contributed by atoms with Gasteiger partial charge in [-0.15, -0.1) is 0 Å². The predicted molar refractivity (Wildman–Crippen MR) is 92.0 cm³/mol. The Kier molecular flexibility index (Phi) is 7.29. The van der Waals surface area contributed by atoms with Gasteiger partial charge in [0, 0.05) is 30.4 Å². The number of carboxylic acids is 1. The van der Waals surface area contributed by atoms with E-state index in [1.807, 2.05) is 6.08 Å². The van der Waals surface area contributed by atoms with E-state index in [9.17, 15) is 18.4 Å². The van der Waals surface area contributed by atoms with E-state index in [2.05, 4.69) is 0 Å². The molecule has 0 unspecified atom stereocenters. The third-order valence-corrected chi connectivity index (χ3v) is 4.80. The maximum atomic E-state index is 13.7. The number of halogens is 2. The van der Waals surface area contributed by atoms with Crippen molar-refractivity contribution in [2.24, 2.45) is 11.8 Å². The summed E-state index contributed by atoms with van der Waals surface area (Å²) in [6, 6.07) is 3.47. The van der Waals surface area contributed by atoms with Crippen LogP contribution < -0.4 is 0 Å². The number of carbonyl (C=O) groups is 2. The lowest BCUT2D eigenvalue weighted by Gasteiger charge is -2.14. The topological polar surface area (TPSA) is 54.4 Å². The fraction of sp³-hybridized carbons (Fsp3) is 0.500. The Hall–Kier alpha value is -2.04. The molecule has 0 aromatic heterocycles. The number of ketones is 1. The Balaban J connectivity index is 1.84. The number of rotatable bonds is 9. The third-order valence-electron chi connectivity index (χ3n) is 4.80. The van der Waals surface area contributed by atoms with Crippen LogP contribution in [0.15, 0.2) is 24.3 Å². The minimum absolute atomic E-state index is 0.0424. The van der Waals surface area contributed by atoms with Gasteiger partial charge in [-0.05, 0) is 37.3 Å². The van der Waals surface area contributed by atoms with Crippen LogP contribution in [0.2, 0.25) is 0 Å². The molecule has 0 amide bonds. The molecule has 5 heteroatoms. The summed E-state index contributed by atoms with van der Waals surface area (Å²) in [5, 5.41) is 8.60. The first-order valence-corrected chi connectivity index (χ1v) is 8.85. The van der Waals surface area contributed by atoms with E-state index in [1.54, 1.807) is 6.08 Å². The number of aliphatic carboxylic acids is 1. The minimum atomic E-state index is -0.774. The largest absolute Gasteiger partial charge is 0.481 e. The molecule has 0 heterocycles. The van der Waals surface area contributed by atoms with Crippen LogP contribution in [-0.4, -0.2) is 16.9 Å². The monoisotopic (exact) mass is 350 g/mol. The van der Waals surface area contributed by atoms with Gasteiger partial charge < -0.3 is 5.11 Å². The summed E-state index contributed by atoms with van der Waals surface area (Å²) >= 11 is 0. The van der Waals surface area contributed by atoms with Crippen molar-refractivity contribution in [1.82, 2.24) is 0 Å². The van der Waals surface area contributed by atoms with E-state index in [0.29, 0.717) is 18.4 Å². The molecule has 0 saturated heterocycles. The molecular formula is C20H24F2O3. The first kappa shape index (κ1) is 19.3. The molecular weight excluding hydrogens is 326 g/mol. The normalized spacial score (nSPS) is 20.5. The highest BCUT2D eigenvalue weighted by molar-refractivity contribution is 5.84. The van der Waals surface area contributed by atoms with Crippen molar-refractivity contribution < 1.29 is 23.5 Å². The van der Waals surface area contributed by atoms with Crippen LogP contribution >= 0.6 is 0 Å². The van der Waals surface area contributed by atoms with Crippen molar-refractivity contribution in [2.45, 2.75) is 51.4 Å². The molecule has 1 saturated carbocycles. The highest BCUT2D eigenvalue weighted by atomic mass is 19.1. The third kappa shape index (κ3) is 6.07. The summed E-state index contributed by atoms with van der Waals surface area (Å²) in [4.78, 5) is 22.5. The van der Waals surface area contributed by atoms with Crippen LogP contribution in [-0.2, 0) is 9.59 Å². The van der Waals surface area contributed by atoms with Gasteiger partial charge in [-0.25, -0.2) is 8.78 Å². The first-order chi connectivity index (χ1) is 12.0. The van der Waals surface area contributed by atoms with E-state index >= 15 is 0 Å². The first-order valence-electron chi connectivity index (χ1n) is 8.85. The summed E-state index contributed by atoms with van der Waals surface area (Å²) in [6.07, 6.45) is 9.13. The van der Waals surface area contributed by atoms with Crippen LogP contribution in [0.4, 0.5) is 8.78 Å². The Morgan fingerprint density at radius 3 is 2.68 bits per heavy atom. The molecule has 0 spiro atoms. The zero-order chi connectivity index (χ0) is 18.2. The average molecular weight is 350 g/mol.